The van der Waals surface area contributed by atoms with Crippen molar-refractivity contribution in [3.8, 4) is 5.75 Å². The number of carbonyl (C=O) groups is 2. The fourth-order valence-electron chi connectivity index (χ4n) is 3.35. The molecular weight excluding hydrogens is 320 g/mol. The first-order valence-corrected chi connectivity index (χ1v) is 8.26. The number of carbonyl (C=O) groups excluding carboxylic acids is 2. The van der Waals surface area contributed by atoms with Crippen LogP contribution in [0.2, 0.25) is 0 Å². The van der Waals surface area contributed by atoms with Crippen molar-refractivity contribution in [2.75, 3.05) is 13.2 Å². The van der Waals surface area contributed by atoms with Crippen molar-refractivity contribution in [1.29, 1.82) is 0 Å². The first-order valence-electron chi connectivity index (χ1n) is 8.26. The van der Waals surface area contributed by atoms with Gasteiger partial charge in [-0.2, -0.15) is 0 Å². The second-order valence-electron chi connectivity index (χ2n) is 6.36. The SMILES string of the molecule is NC(=O)c1ncc2c(n1)CN(C(=O)C1COc3ccccc3C1)CC2. The first kappa shape index (κ1) is 15.6. The number of nitrogens with two attached hydrogens (primary N) is 1. The maximum atomic E-state index is 12.9. The summed E-state index contributed by atoms with van der Waals surface area (Å²) < 4.78 is 5.73. The second-order valence-corrected chi connectivity index (χ2v) is 6.36. The molecule has 2 amide bonds. The number of ether oxygens (including phenoxy) is 1. The molecule has 7 nitrogen and oxygen atoms in total. The van der Waals surface area contributed by atoms with Gasteiger partial charge in [0.1, 0.15) is 12.4 Å². The van der Waals surface area contributed by atoms with Gasteiger partial charge < -0.3 is 15.4 Å². The van der Waals surface area contributed by atoms with E-state index in [1.165, 1.54) is 0 Å². The molecule has 0 spiro atoms. The van der Waals surface area contributed by atoms with Gasteiger partial charge in [-0.3, -0.25) is 9.59 Å². The predicted molar refractivity (Wildman–Crippen MR) is 88.8 cm³/mol. The maximum Gasteiger partial charge on any atom is 0.286 e. The minimum Gasteiger partial charge on any atom is -0.492 e. The summed E-state index contributed by atoms with van der Waals surface area (Å²) in [6.07, 6.45) is 2.98. The number of primary amides is 1. The van der Waals surface area contributed by atoms with Gasteiger partial charge >= 0.3 is 0 Å². The van der Waals surface area contributed by atoms with E-state index in [4.69, 9.17) is 10.5 Å². The Hall–Kier alpha value is -2.96. The lowest BCUT2D eigenvalue weighted by atomic mass is 9.94. The van der Waals surface area contributed by atoms with E-state index >= 15 is 0 Å². The molecule has 0 saturated heterocycles. The molecule has 1 aromatic carbocycles. The zero-order chi connectivity index (χ0) is 17.4. The van der Waals surface area contributed by atoms with Crippen molar-refractivity contribution in [3.63, 3.8) is 0 Å². The quantitative estimate of drug-likeness (QED) is 0.869. The minimum absolute atomic E-state index is 0.0111. The van der Waals surface area contributed by atoms with Gasteiger partial charge in [-0.25, -0.2) is 9.97 Å². The van der Waals surface area contributed by atoms with E-state index in [1.807, 2.05) is 24.3 Å². The molecule has 25 heavy (non-hydrogen) atoms. The van der Waals surface area contributed by atoms with Crippen molar-refractivity contribution in [3.05, 3.63) is 53.1 Å². The molecule has 1 atom stereocenters. The number of fused-ring (bicyclic) bond motifs is 2. The number of hydrogen-bond acceptors (Lipinski definition) is 5. The summed E-state index contributed by atoms with van der Waals surface area (Å²) in [5.41, 5.74) is 7.95. The number of benzene rings is 1. The predicted octanol–water partition coefficient (Wildman–Crippen LogP) is 0.711. The number of hydrogen-bond donors (Lipinski definition) is 1. The molecule has 0 radical (unpaired) electrons. The monoisotopic (exact) mass is 338 g/mol. The fourth-order valence-corrected chi connectivity index (χ4v) is 3.35. The zero-order valence-corrected chi connectivity index (χ0v) is 13.6. The van der Waals surface area contributed by atoms with E-state index in [0.717, 1.165) is 16.9 Å². The fraction of sp³-hybridized carbons (Fsp3) is 0.333. The van der Waals surface area contributed by atoms with E-state index in [2.05, 4.69) is 9.97 Å². The lowest BCUT2D eigenvalue weighted by Crippen LogP contribution is -2.43. The van der Waals surface area contributed by atoms with Gasteiger partial charge in [0, 0.05) is 12.7 Å². The molecule has 128 valence electrons. The summed E-state index contributed by atoms with van der Waals surface area (Å²) >= 11 is 0. The van der Waals surface area contributed by atoms with Gasteiger partial charge in [0.25, 0.3) is 5.91 Å². The van der Waals surface area contributed by atoms with Crippen LogP contribution in [0.5, 0.6) is 5.75 Å². The van der Waals surface area contributed by atoms with E-state index in [0.29, 0.717) is 38.2 Å². The second kappa shape index (κ2) is 6.16. The van der Waals surface area contributed by atoms with Crippen molar-refractivity contribution in [2.45, 2.75) is 19.4 Å². The molecule has 4 rings (SSSR count). The Morgan fingerprint density at radius 2 is 2.08 bits per heavy atom. The number of aromatic nitrogens is 2. The molecule has 2 aromatic rings. The third kappa shape index (κ3) is 2.93. The highest BCUT2D eigenvalue weighted by Gasteiger charge is 2.31. The molecule has 3 heterocycles. The summed E-state index contributed by atoms with van der Waals surface area (Å²) in [4.78, 5) is 34.1. The lowest BCUT2D eigenvalue weighted by Gasteiger charge is -2.33. The van der Waals surface area contributed by atoms with Crippen LogP contribution in [-0.2, 0) is 24.2 Å². The van der Waals surface area contributed by atoms with E-state index < -0.39 is 5.91 Å². The van der Waals surface area contributed by atoms with E-state index in [9.17, 15) is 9.59 Å². The van der Waals surface area contributed by atoms with Gasteiger partial charge in [-0.05, 0) is 30.0 Å². The maximum absolute atomic E-state index is 12.9. The molecule has 2 aliphatic rings. The van der Waals surface area contributed by atoms with Gasteiger partial charge in [0.05, 0.1) is 18.2 Å². The molecule has 7 heteroatoms. The summed E-state index contributed by atoms with van der Waals surface area (Å²) in [5, 5.41) is 0. The average Bonchev–Trinajstić information content (AvgIpc) is 2.66. The normalized spacial score (nSPS) is 18.7. The molecule has 0 saturated carbocycles. The van der Waals surface area contributed by atoms with E-state index in [-0.39, 0.29) is 17.6 Å². The third-order valence-corrected chi connectivity index (χ3v) is 4.71. The smallest absolute Gasteiger partial charge is 0.286 e. The average molecular weight is 338 g/mol. The number of nitrogens with zero attached hydrogens (tertiary/aromatic N) is 3. The Balaban J connectivity index is 1.51. The van der Waals surface area contributed by atoms with Crippen LogP contribution in [0.1, 0.15) is 27.4 Å². The summed E-state index contributed by atoms with van der Waals surface area (Å²) in [6, 6.07) is 7.80. The van der Waals surface area contributed by atoms with E-state index in [1.54, 1.807) is 11.1 Å². The van der Waals surface area contributed by atoms with Crippen molar-refractivity contribution < 1.29 is 14.3 Å². The highest BCUT2D eigenvalue weighted by atomic mass is 16.5. The Bertz CT molecular complexity index is 852. The minimum atomic E-state index is -0.663. The van der Waals surface area contributed by atoms with Crippen LogP contribution in [0.25, 0.3) is 0 Å². The summed E-state index contributed by atoms with van der Waals surface area (Å²) in [7, 11) is 0. The van der Waals surface area contributed by atoms with Crippen LogP contribution in [-0.4, -0.2) is 39.8 Å². The van der Waals surface area contributed by atoms with Crippen LogP contribution < -0.4 is 10.5 Å². The Kier molecular flexibility index (Phi) is 3.83. The van der Waals surface area contributed by atoms with Crippen LogP contribution in [0.3, 0.4) is 0 Å². The highest BCUT2D eigenvalue weighted by molar-refractivity contribution is 5.88. The third-order valence-electron chi connectivity index (χ3n) is 4.71. The molecule has 1 unspecified atom stereocenters. The first-order chi connectivity index (χ1) is 12.1. The molecule has 0 aliphatic carbocycles. The van der Waals surface area contributed by atoms with Crippen LogP contribution in [0, 0.1) is 5.92 Å². The number of amides is 2. The molecule has 0 fully saturated rings. The summed E-state index contributed by atoms with van der Waals surface area (Å²) in [5.74, 6) is 0.0363. The van der Waals surface area contributed by atoms with Gasteiger partial charge in [-0.1, -0.05) is 18.2 Å². The van der Waals surface area contributed by atoms with Crippen molar-refractivity contribution >= 4 is 11.8 Å². The zero-order valence-electron chi connectivity index (χ0n) is 13.6. The van der Waals surface area contributed by atoms with Crippen LogP contribution in [0.15, 0.2) is 30.5 Å². The van der Waals surface area contributed by atoms with Gasteiger partial charge in [-0.15, -0.1) is 0 Å². The van der Waals surface area contributed by atoms with Crippen molar-refractivity contribution in [1.82, 2.24) is 14.9 Å². The molecule has 2 N–H and O–H groups in total. The van der Waals surface area contributed by atoms with Crippen molar-refractivity contribution in [2.24, 2.45) is 11.7 Å². The number of rotatable bonds is 2. The molecule has 2 aliphatic heterocycles. The topological polar surface area (TPSA) is 98.4 Å². The highest BCUT2D eigenvalue weighted by Crippen LogP contribution is 2.28. The Labute approximate surface area is 144 Å². The van der Waals surface area contributed by atoms with Gasteiger partial charge in [0.15, 0.2) is 0 Å². The van der Waals surface area contributed by atoms with Crippen LogP contribution >= 0.6 is 0 Å². The molecule has 1 aromatic heterocycles. The summed E-state index contributed by atoms with van der Waals surface area (Å²) in [6.45, 7) is 1.37. The largest absolute Gasteiger partial charge is 0.492 e. The number of para-hydroxylation sites is 1. The van der Waals surface area contributed by atoms with Gasteiger partial charge in [0.2, 0.25) is 11.7 Å². The Morgan fingerprint density at radius 1 is 1.24 bits per heavy atom. The van der Waals surface area contributed by atoms with Crippen LogP contribution in [0.4, 0.5) is 0 Å². The standard InChI is InChI=1S/C18H18N4O3/c19-16(23)17-20-8-12-5-6-22(9-14(12)21-17)18(24)13-7-11-3-1-2-4-15(11)25-10-13/h1-4,8,13H,5-7,9-10H2,(H2,19,23). The molecule has 0 bridgehead atoms. The lowest BCUT2D eigenvalue weighted by molar-refractivity contribution is -0.138. The molecular formula is C18H18N4O3. The Morgan fingerprint density at radius 3 is 2.92 bits per heavy atom.